The minimum Gasteiger partial charge on any atom is -0.478 e. The zero-order valence-corrected chi connectivity index (χ0v) is 14.8. The Balaban J connectivity index is 2.96. The van der Waals surface area contributed by atoms with E-state index in [1.807, 2.05) is 6.92 Å². The summed E-state index contributed by atoms with van der Waals surface area (Å²) in [4.78, 5) is 26.0. The number of carboxylic acids is 2. The zero-order chi connectivity index (χ0) is 18.9. The maximum absolute atomic E-state index is 13.4. The van der Waals surface area contributed by atoms with Gasteiger partial charge >= 0.3 is 11.9 Å². The van der Waals surface area contributed by atoms with Crippen molar-refractivity contribution in [3.05, 3.63) is 58.2 Å². The molecular weight excluding hydrogens is 325 g/mol. The van der Waals surface area contributed by atoms with Gasteiger partial charge in [-0.15, -0.1) is 0 Å². The van der Waals surface area contributed by atoms with E-state index in [4.69, 9.17) is 0 Å². The molecule has 0 spiro atoms. The average Bonchev–Trinajstić information content (AvgIpc) is 2.54. The number of hydrogen-bond acceptors (Lipinski definition) is 3. The van der Waals surface area contributed by atoms with E-state index >= 15 is 0 Å². The third-order valence-corrected chi connectivity index (χ3v) is 5.00. The average molecular weight is 347 g/mol. The van der Waals surface area contributed by atoms with Crippen LogP contribution in [0.2, 0.25) is 0 Å². The predicted molar refractivity (Wildman–Crippen MR) is 91.4 cm³/mol. The van der Waals surface area contributed by atoms with Gasteiger partial charge in [0.2, 0.25) is 0 Å². The molecular formula is C19H22FNO4. The largest absolute Gasteiger partial charge is 0.478 e. The molecule has 0 aliphatic carbocycles. The molecule has 0 saturated heterocycles. The minimum atomic E-state index is -1.34. The molecule has 2 rings (SSSR count). The number of hydrogen-bond donors (Lipinski definition) is 2. The third-order valence-electron chi connectivity index (χ3n) is 5.00. The Labute approximate surface area is 146 Å². The van der Waals surface area contributed by atoms with Crippen LogP contribution in [0.1, 0.15) is 39.7 Å². The fraction of sp³-hybridized carbons (Fsp3) is 0.368. The topological polar surface area (TPSA) is 77.8 Å². The van der Waals surface area contributed by atoms with E-state index in [1.165, 1.54) is 24.3 Å². The number of allylic oxidation sites excluding steroid dienone is 2. The Morgan fingerprint density at radius 2 is 1.44 bits per heavy atom. The van der Waals surface area contributed by atoms with Crippen molar-refractivity contribution in [1.29, 1.82) is 0 Å². The van der Waals surface area contributed by atoms with Crippen LogP contribution < -0.4 is 0 Å². The molecule has 6 heteroatoms. The van der Waals surface area contributed by atoms with Gasteiger partial charge in [-0.25, -0.2) is 14.0 Å². The van der Waals surface area contributed by atoms with E-state index in [1.54, 1.807) is 25.7 Å². The SMILES string of the molecule is CCN1C(C)=C(C(=O)O)C(CC)(c2ccc(F)cc2)C(C(=O)O)=C1C. The van der Waals surface area contributed by atoms with Crippen molar-refractivity contribution < 1.29 is 24.2 Å². The van der Waals surface area contributed by atoms with E-state index in [0.717, 1.165) is 0 Å². The van der Waals surface area contributed by atoms with Crippen LogP contribution in [0, 0.1) is 5.82 Å². The van der Waals surface area contributed by atoms with Gasteiger partial charge in [0, 0.05) is 17.9 Å². The van der Waals surface area contributed by atoms with Gasteiger partial charge < -0.3 is 15.1 Å². The summed E-state index contributed by atoms with van der Waals surface area (Å²) in [5.74, 6) is -2.81. The third kappa shape index (κ3) is 2.71. The Morgan fingerprint density at radius 3 is 1.76 bits per heavy atom. The highest BCUT2D eigenvalue weighted by Gasteiger charge is 2.50. The maximum Gasteiger partial charge on any atom is 0.334 e. The number of rotatable bonds is 5. The van der Waals surface area contributed by atoms with Crippen molar-refractivity contribution in [2.45, 2.75) is 39.5 Å². The Hall–Kier alpha value is -2.63. The number of halogens is 1. The van der Waals surface area contributed by atoms with Gasteiger partial charge in [-0.1, -0.05) is 19.1 Å². The van der Waals surface area contributed by atoms with Crippen molar-refractivity contribution in [2.24, 2.45) is 0 Å². The summed E-state index contributed by atoms with van der Waals surface area (Å²) in [5, 5.41) is 19.8. The van der Waals surface area contributed by atoms with E-state index in [9.17, 15) is 24.2 Å². The van der Waals surface area contributed by atoms with Crippen molar-refractivity contribution in [2.75, 3.05) is 6.54 Å². The van der Waals surface area contributed by atoms with Crippen LogP contribution >= 0.6 is 0 Å². The lowest BCUT2D eigenvalue weighted by atomic mass is 9.64. The molecule has 1 aliphatic rings. The first kappa shape index (κ1) is 18.7. The van der Waals surface area contributed by atoms with Crippen molar-refractivity contribution in [1.82, 2.24) is 4.90 Å². The number of carboxylic acid groups (broad SMARTS) is 2. The van der Waals surface area contributed by atoms with Crippen molar-refractivity contribution >= 4 is 11.9 Å². The van der Waals surface area contributed by atoms with Crippen LogP contribution in [0.5, 0.6) is 0 Å². The molecule has 0 unspecified atom stereocenters. The molecule has 0 bridgehead atoms. The number of benzene rings is 1. The second-order valence-electron chi connectivity index (χ2n) is 6.04. The number of nitrogens with zero attached hydrogens (tertiary/aromatic N) is 1. The standard InChI is InChI=1S/C19H22FNO4/c1-5-19(13-7-9-14(20)10-8-13)15(17(22)23)11(3)21(6-2)12(4)16(19)18(24)25/h7-10H,5-6H2,1-4H3,(H,22,23)(H,24,25). The highest BCUT2D eigenvalue weighted by molar-refractivity contribution is 6.00. The second-order valence-corrected chi connectivity index (χ2v) is 6.04. The maximum atomic E-state index is 13.4. The first-order valence-corrected chi connectivity index (χ1v) is 8.15. The summed E-state index contributed by atoms with van der Waals surface area (Å²) in [5.41, 5.74) is 0.163. The van der Waals surface area contributed by atoms with E-state index < -0.39 is 23.2 Å². The highest BCUT2D eigenvalue weighted by Crippen LogP contribution is 2.49. The number of carbonyl (C=O) groups is 2. The molecule has 0 saturated carbocycles. The first-order valence-electron chi connectivity index (χ1n) is 8.15. The molecule has 1 aromatic carbocycles. The highest BCUT2D eigenvalue weighted by atomic mass is 19.1. The summed E-state index contributed by atoms with van der Waals surface area (Å²) in [6.07, 6.45) is 0.230. The van der Waals surface area contributed by atoms with Crippen molar-refractivity contribution in [3.63, 3.8) is 0 Å². The van der Waals surface area contributed by atoms with Gasteiger partial charge in [0.1, 0.15) is 5.82 Å². The normalized spacial score (nSPS) is 17.1. The van der Waals surface area contributed by atoms with Crippen LogP contribution in [-0.4, -0.2) is 33.6 Å². The van der Waals surface area contributed by atoms with Gasteiger partial charge in [-0.2, -0.15) is 0 Å². The zero-order valence-electron chi connectivity index (χ0n) is 14.8. The van der Waals surface area contributed by atoms with Crippen LogP contribution in [0.4, 0.5) is 4.39 Å². The molecule has 25 heavy (non-hydrogen) atoms. The summed E-state index contributed by atoms with van der Waals surface area (Å²) < 4.78 is 13.4. The smallest absolute Gasteiger partial charge is 0.334 e. The van der Waals surface area contributed by atoms with E-state index in [2.05, 4.69) is 0 Å². The van der Waals surface area contributed by atoms with Gasteiger partial charge in [0.05, 0.1) is 16.6 Å². The van der Waals surface area contributed by atoms with Crippen LogP contribution in [0.25, 0.3) is 0 Å². The fourth-order valence-corrected chi connectivity index (χ4v) is 3.99. The van der Waals surface area contributed by atoms with E-state index in [0.29, 0.717) is 23.5 Å². The predicted octanol–water partition coefficient (Wildman–Crippen LogP) is 3.53. The monoisotopic (exact) mass is 347 g/mol. The van der Waals surface area contributed by atoms with Gasteiger partial charge in [0.15, 0.2) is 0 Å². The Morgan fingerprint density at radius 1 is 1.00 bits per heavy atom. The fourth-order valence-electron chi connectivity index (χ4n) is 3.99. The molecule has 1 heterocycles. The molecule has 0 amide bonds. The van der Waals surface area contributed by atoms with E-state index in [-0.39, 0.29) is 17.6 Å². The lowest BCUT2D eigenvalue weighted by molar-refractivity contribution is -0.134. The molecule has 1 aromatic rings. The van der Waals surface area contributed by atoms with Gasteiger partial charge in [0.25, 0.3) is 0 Å². The summed E-state index contributed by atoms with van der Waals surface area (Å²) in [6, 6.07) is 5.38. The Bertz CT molecular complexity index is 739. The molecule has 5 nitrogen and oxygen atoms in total. The molecule has 0 aromatic heterocycles. The van der Waals surface area contributed by atoms with Crippen LogP contribution in [0.3, 0.4) is 0 Å². The summed E-state index contributed by atoms with van der Waals surface area (Å²) in [7, 11) is 0. The second kappa shape index (κ2) is 6.70. The first-order chi connectivity index (χ1) is 11.7. The molecule has 0 fully saturated rings. The molecule has 134 valence electrons. The molecule has 0 radical (unpaired) electrons. The van der Waals surface area contributed by atoms with Crippen LogP contribution in [0.15, 0.2) is 46.8 Å². The van der Waals surface area contributed by atoms with Gasteiger partial charge in [-0.05, 0) is 44.9 Å². The van der Waals surface area contributed by atoms with Crippen molar-refractivity contribution in [3.8, 4) is 0 Å². The lowest BCUT2D eigenvalue weighted by Crippen LogP contribution is -2.45. The van der Waals surface area contributed by atoms with Gasteiger partial charge in [-0.3, -0.25) is 0 Å². The summed E-state index contributed by atoms with van der Waals surface area (Å²) >= 11 is 0. The summed E-state index contributed by atoms with van der Waals surface area (Å²) in [6.45, 7) is 7.40. The van der Waals surface area contributed by atoms with Crippen LogP contribution in [-0.2, 0) is 15.0 Å². The minimum absolute atomic E-state index is 0.0199. The lowest BCUT2D eigenvalue weighted by Gasteiger charge is -2.44. The molecule has 0 atom stereocenters. The Kier molecular flexibility index (Phi) is 5.02. The number of aliphatic carboxylic acids is 2. The quantitative estimate of drug-likeness (QED) is 0.852. The molecule has 1 aliphatic heterocycles. The molecule has 2 N–H and O–H groups in total.